The van der Waals surface area contributed by atoms with Crippen molar-refractivity contribution in [3.8, 4) is 0 Å². The van der Waals surface area contributed by atoms with E-state index in [9.17, 15) is 13.2 Å². The molecule has 0 spiro atoms. The van der Waals surface area contributed by atoms with Crippen molar-refractivity contribution in [1.29, 1.82) is 0 Å². The number of rotatable bonds is 7. The maximum atomic E-state index is 13.1. The largest absolute Gasteiger partial charge is 0.336 e. The first-order valence-electron chi connectivity index (χ1n) is 11.6. The molecule has 7 heteroatoms. The fourth-order valence-corrected chi connectivity index (χ4v) is 6.10. The highest BCUT2D eigenvalue weighted by Gasteiger charge is 2.31. The molecule has 0 saturated carbocycles. The Hall–Kier alpha value is -2.22. The summed E-state index contributed by atoms with van der Waals surface area (Å²) in [6, 6.07) is 13.3. The van der Waals surface area contributed by atoms with Crippen molar-refractivity contribution >= 4 is 15.9 Å². The molecule has 32 heavy (non-hydrogen) atoms. The molecule has 172 valence electrons. The zero-order chi connectivity index (χ0) is 22.7. The van der Waals surface area contributed by atoms with Crippen molar-refractivity contribution in [2.24, 2.45) is 0 Å². The van der Waals surface area contributed by atoms with Crippen LogP contribution in [0.4, 0.5) is 0 Å². The Balaban J connectivity index is 1.37. The van der Waals surface area contributed by atoms with Gasteiger partial charge in [0.1, 0.15) is 0 Å². The zero-order valence-corrected chi connectivity index (χ0v) is 19.9. The summed E-state index contributed by atoms with van der Waals surface area (Å²) in [6.07, 6.45) is 3.08. The van der Waals surface area contributed by atoms with E-state index in [4.69, 9.17) is 0 Å². The average Bonchev–Trinajstić information content (AvgIpc) is 3.30. The van der Waals surface area contributed by atoms with Crippen LogP contribution in [-0.2, 0) is 29.4 Å². The van der Waals surface area contributed by atoms with Gasteiger partial charge in [0.15, 0.2) is 0 Å². The topological polar surface area (TPSA) is 60.9 Å². The number of hydrogen-bond acceptors (Lipinski definition) is 4. The third-order valence-electron chi connectivity index (χ3n) is 6.74. The second-order valence-electron chi connectivity index (χ2n) is 8.64. The van der Waals surface area contributed by atoms with E-state index >= 15 is 0 Å². The van der Waals surface area contributed by atoms with Gasteiger partial charge in [-0.2, -0.15) is 4.31 Å². The predicted molar refractivity (Wildman–Crippen MR) is 126 cm³/mol. The Morgan fingerprint density at radius 2 is 1.56 bits per heavy atom. The lowest BCUT2D eigenvalue weighted by Crippen LogP contribution is -2.50. The molecular weight excluding hydrogens is 422 g/mol. The van der Waals surface area contributed by atoms with E-state index in [2.05, 4.69) is 18.7 Å². The third-order valence-corrected chi connectivity index (χ3v) is 8.63. The lowest BCUT2D eigenvalue weighted by molar-refractivity contribution is 0.0698. The van der Waals surface area contributed by atoms with Gasteiger partial charge < -0.3 is 4.90 Å². The van der Waals surface area contributed by atoms with E-state index in [1.165, 1.54) is 15.4 Å². The van der Waals surface area contributed by atoms with E-state index in [0.29, 0.717) is 36.6 Å². The highest BCUT2D eigenvalue weighted by Crippen LogP contribution is 2.27. The average molecular weight is 456 g/mol. The number of aryl methyl sites for hydroxylation is 2. The number of piperazine rings is 1. The van der Waals surface area contributed by atoms with E-state index in [1.807, 2.05) is 36.4 Å². The molecule has 1 aliphatic carbocycles. The van der Waals surface area contributed by atoms with Gasteiger partial charge in [-0.1, -0.05) is 32.0 Å². The lowest BCUT2D eigenvalue weighted by Gasteiger charge is -2.34. The fraction of sp³-hybridized carbons (Fsp3) is 0.480. The lowest BCUT2D eigenvalue weighted by atomic mass is 10.1. The van der Waals surface area contributed by atoms with Crippen LogP contribution in [0.15, 0.2) is 47.4 Å². The normalized spacial score (nSPS) is 17.0. The Morgan fingerprint density at radius 1 is 0.906 bits per heavy atom. The Bertz CT molecular complexity index is 1050. The van der Waals surface area contributed by atoms with Crippen LogP contribution in [0.2, 0.25) is 0 Å². The van der Waals surface area contributed by atoms with Crippen LogP contribution in [0.1, 0.15) is 47.3 Å². The number of carbonyl (C=O) groups is 1. The van der Waals surface area contributed by atoms with Gasteiger partial charge in [0.05, 0.1) is 4.90 Å². The second-order valence-corrected chi connectivity index (χ2v) is 10.6. The number of benzene rings is 2. The molecule has 0 bridgehead atoms. The van der Waals surface area contributed by atoms with Crippen LogP contribution in [0, 0.1) is 0 Å². The minimum absolute atomic E-state index is 0.0334. The molecule has 0 N–H and O–H groups in total. The van der Waals surface area contributed by atoms with Crippen LogP contribution >= 0.6 is 0 Å². The van der Waals surface area contributed by atoms with E-state index in [0.717, 1.165) is 44.5 Å². The zero-order valence-electron chi connectivity index (χ0n) is 19.1. The maximum Gasteiger partial charge on any atom is 0.253 e. The van der Waals surface area contributed by atoms with Gasteiger partial charge in [0, 0.05) is 38.3 Å². The van der Waals surface area contributed by atoms with Gasteiger partial charge in [-0.05, 0) is 73.3 Å². The number of hydrogen-bond donors (Lipinski definition) is 0. The van der Waals surface area contributed by atoms with Crippen molar-refractivity contribution in [1.82, 2.24) is 14.1 Å². The molecule has 6 nitrogen and oxygen atoms in total. The summed E-state index contributed by atoms with van der Waals surface area (Å²) in [4.78, 5) is 17.4. The highest BCUT2D eigenvalue weighted by atomic mass is 32.2. The Labute approximate surface area is 191 Å². The minimum atomic E-state index is -3.53. The predicted octanol–water partition coefficient (Wildman–Crippen LogP) is 3.16. The maximum absolute atomic E-state index is 13.1. The summed E-state index contributed by atoms with van der Waals surface area (Å²) in [7, 11) is -3.53. The summed E-state index contributed by atoms with van der Waals surface area (Å²) >= 11 is 0. The molecule has 1 aliphatic heterocycles. The van der Waals surface area contributed by atoms with Crippen LogP contribution in [-0.4, -0.2) is 67.7 Å². The fourth-order valence-electron chi connectivity index (χ4n) is 4.63. The first-order chi connectivity index (χ1) is 15.4. The van der Waals surface area contributed by atoms with Crippen molar-refractivity contribution in [2.45, 2.75) is 44.6 Å². The summed E-state index contributed by atoms with van der Waals surface area (Å²) in [5.41, 5.74) is 4.27. The second kappa shape index (κ2) is 9.73. The van der Waals surface area contributed by atoms with Crippen molar-refractivity contribution < 1.29 is 13.2 Å². The molecular formula is C25H33N3O3S. The van der Waals surface area contributed by atoms with Gasteiger partial charge in [-0.15, -0.1) is 0 Å². The quantitative estimate of drug-likeness (QED) is 0.644. The molecule has 2 aromatic carbocycles. The number of carbonyl (C=O) groups excluding carboxylic acids is 1. The molecule has 1 fully saturated rings. The monoisotopic (exact) mass is 455 g/mol. The molecule has 0 aromatic heterocycles. The highest BCUT2D eigenvalue weighted by molar-refractivity contribution is 7.89. The molecule has 0 radical (unpaired) electrons. The first-order valence-corrected chi connectivity index (χ1v) is 13.1. The van der Waals surface area contributed by atoms with Crippen molar-refractivity contribution in [3.05, 3.63) is 64.7 Å². The van der Waals surface area contributed by atoms with E-state index in [1.54, 1.807) is 11.0 Å². The number of nitrogens with zero attached hydrogens (tertiary/aromatic N) is 3. The number of sulfonamides is 1. The molecule has 2 aliphatic rings. The van der Waals surface area contributed by atoms with E-state index in [-0.39, 0.29) is 5.91 Å². The molecule has 1 amide bonds. The van der Waals surface area contributed by atoms with E-state index < -0.39 is 10.0 Å². The van der Waals surface area contributed by atoms with Crippen LogP contribution < -0.4 is 0 Å². The summed E-state index contributed by atoms with van der Waals surface area (Å²) in [5, 5.41) is 0. The summed E-state index contributed by atoms with van der Waals surface area (Å²) < 4.78 is 27.8. The molecule has 1 saturated heterocycles. The molecule has 1 heterocycles. The Morgan fingerprint density at radius 3 is 2.22 bits per heavy atom. The van der Waals surface area contributed by atoms with Crippen LogP contribution in [0.5, 0.6) is 0 Å². The minimum Gasteiger partial charge on any atom is -0.336 e. The van der Waals surface area contributed by atoms with Gasteiger partial charge >= 0.3 is 0 Å². The van der Waals surface area contributed by atoms with Crippen molar-refractivity contribution in [2.75, 3.05) is 39.3 Å². The standard InChI is InChI=1S/C25H33N3O3S/c1-3-26(4-2)19-20-8-10-22(11-9-20)25(29)27-14-16-28(17-15-27)32(30,31)24-13-12-21-6-5-7-23(21)18-24/h8-13,18H,3-7,14-17,19H2,1-2H3. The molecule has 0 unspecified atom stereocenters. The summed E-state index contributed by atoms with van der Waals surface area (Å²) in [6.45, 7) is 8.62. The summed E-state index contributed by atoms with van der Waals surface area (Å²) in [5.74, 6) is -0.0334. The van der Waals surface area contributed by atoms with Crippen molar-refractivity contribution in [3.63, 3.8) is 0 Å². The van der Waals surface area contributed by atoms with Gasteiger partial charge in [-0.3, -0.25) is 9.69 Å². The third kappa shape index (κ3) is 4.75. The molecule has 4 rings (SSSR count). The van der Waals surface area contributed by atoms with Crippen LogP contribution in [0.3, 0.4) is 0 Å². The smallest absolute Gasteiger partial charge is 0.253 e. The molecule has 2 aromatic rings. The first kappa shape index (κ1) is 23.0. The van der Waals surface area contributed by atoms with Gasteiger partial charge in [0.25, 0.3) is 5.91 Å². The number of amides is 1. The number of fused-ring (bicyclic) bond motifs is 1. The van der Waals surface area contributed by atoms with Gasteiger partial charge in [-0.25, -0.2) is 8.42 Å². The molecule has 0 atom stereocenters. The Kier molecular flexibility index (Phi) is 6.98. The van der Waals surface area contributed by atoms with Crippen LogP contribution in [0.25, 0.3) is 0 Å². The SMILES string of the molecule is CCN(CC)Cc1ccc(C(=O)N2CCN(S(=O)(=O)c3ccc4c(c3)CCC4)CC2)cc1. The van der Waals surface area contributed by atoms with Gasteiger partial charge in [0.2, 0.25) is 10.0 Å².